The smallest absolute Gasteiger partial charge is 0.319 e. The van der Waals surface area contributed by atoms with Crippen LogP contribution in [0.1, 0.15) is 19.3 Å². The SMILES string of the molecule is O=C(NCCC1CCCN1)Nc1ccc(Cl)cc1. The van der Waals surface area contributed by atoms with Gasteiger partial charge < -0.3 is 16.0 Å². The molecule has 18 heavy (non-hydrogen) atoms. The van der Waals surface area contributed by atoms with Gasteiger partial charge in [-0.1, -0.05) is 11.6 Å². The molecule has 0 saturated carbocycles. The fourth-order valence-electron chi connectivity index (χ4n) is 2.07. The molecule has 1 fully saturated rings. The van der Waals surface area contributed by atoms with Gasteiger partial charge in [0.1, 0.15) is 0 Å². The molecule has 5 heteroatoms. The van der Waals surface area contributed by atoms with Gasteiger partial charge >= 0.3 is 6.03 Å². The monoisotopic (exact) mass is 267 g/mol. The maximum absolute atomic E-state index is 11.6. The normalized spacial score (nSPS) is 18.6. The van der Waals surface area contributed by atoms with E-state index < -0.39 is 0 Å². The molecule has 1 heterocycles. The average molecular weight is 268 g/mol. The quantitative estimate of drug-likeness (QED) is 0.785. The third kappa shape index (κ3) is 4.20. The van der Waals surface area contributed by atoms with Gasteiger partial charge in [0.05, 0.1) is 0 Å². The zero-order valence-corrected chi connectivity index (χ0v) is 11.0. The van der Waals surface area contributed by atoms with Gasteiger partial charge in [-0.3, -0.25) is 0 Å². The van der Waals surface area contributed by atoms with Crippen molar-refractivity contribution < 1.29 is 4.79 Å². The molecule has 0 bridgehead atoms. The number of benzene rings is 1. The highest BCUT2D eigenvalue weighted by Crippen LogP contribution is 2.13. The van der Waals surface area contributed by atoms with Crippen LogP contribution in [-0.4, -0.2) is 25.2 Å². The number of hydrogen-bond acceptors (Lipinski definition) is 2. The Hall–Kier alpha value is -1.26. The maximum atomic E-state index is 11.6. The molecule has 1 atom stereocenters. The minimum Gasteiger partial charge on any atom is -0.338 e. The van der Waals surface area contributed by atoms with Gasteiger partial charge in [-0.05, 0) is 50.1 Å². The number of amides is 2. The van der Waals surface area contributed by atoms with E-state index in [0.29, 0.717) is 17.6 Å². The molecular formula is C13H18ClN3O. The van der Waals surface area contributed by atoms with E-state index in [4.69, 9.17) is 11.6 Å². The summed E-state index contributed by atoms with van der Waals surface area (Å²) in [7, 11) is 0. The largest absolute Gasteiger partial charge is 0.338 e. The van der Waals surface area contributed by atoms with Crippen LogP contribution < -0.4 is 16.0 Å². The fraction of sp³-hybridized carbons (Fsp3) is 0.462. The van der Waals surface area contributed by atoms with Crippen LogP contribution >= 0.6 is 11.6 Å². The summed E-state index contributed by atoms with van der Waals surface area (Å²) in [6, 6.07) is 7.44. The second-order valence-electron chi connectivity index (χ2n) is 4.47. The van der Waals surface area contributed by atoms with Crippen LogP contribution in [0.15, 0.2) is 24.3 Å². The summed E-state index contributed by atoms with van der Waals surface area (Å²) in [5, 5.41) is 9.68. The molecule has 98 valence electrons. The summed E-state index contributed by atoms with van der Waals surface area (Å²) in [6.45, 7) is 1.79. The van der Waals surface area contributed by atoms with Crippen molar-refractivity contribution in [1.29, 1.82) is 0 Å². The molecule has 1 saturated heterocycles. The van der Waals surface area contributed by atoms with Crippen molar-refractivity contribution in [3.8, 4) is 0 Å². The molecule has 2 rings (SSSR count). The lowest BCUT2D eigenvalue weighted by Crippen LogP contribution is -2.33. The molecule has 4 nitrogen and oxygen atoms in total. The first kappa shape index (κ1) is 13.2. The first-order chi connectivity index (χ1) is 8.74. The Bertz CT molecular complexity index is 388. The average Bonchev–Trinajstić information content (AvgIpc) is 2.85. The van der Waals surface area contributed by atoms with Crippen LogP contribution in [-0.2, 0) is 0 Å². The third-order valence-corrected chi connectivity index (χ3v) is 3.29. The van der Waals surface area contributed by atoms with Gasteiger partial charge in [-0.15, -0.1) is 0 Å². The van der Waals surface area contributed by atoms with Crippen molar-refractivity contribution in [2.75, 3.05) is 18.4 Å². The van der Waals surface area contributed by atoms with Crippen LogP contribution in [0.5, 0.6) is 0 Å². The van der Waals surface area contributed by atoms with E-state index in [1.165, 1.54) is 12.8 Å². The van der Waals surface area contributed by atoms with Gasteiger partial charge in [-0.2, -0.15) is 0 Å². The Labute approximate surface area is 112 Å². The maximum Gasteiger partial charge on any atom is 0.319 e. The van der Waals surface area contributed by atoms with E-state index in [9.17, 15) is 4.79 Å². The molecule has 1 aliphatic heterocycles. The first-order valence-corrected chi connectivity index (χ1v) is 6.65. The molecule has 0 aromatic heterocycles. The lowest BCUT2D eigenvalue weighted by atomic mass is 10.1. The van der Waals surface area contributed by atoms with E-state index in [1.807, 2.05) is 0 Å². The molecule has 1 aliphatic rings. The van der Waals surface area contributed by atoms with E-state index in [0.717, 1.165) is 18.7 Å². The number of carbonyl (C=O) groups is 1. The van der Waals surface area contributed by atoms with Crippen molar-refractivity contribution >= 4 is 23.3 Å². The fourth-order valence-corrected chi connectivity index (χ4v) is 2.20. The number of anilines is 1. The van der Waals surface area contributed by atoms with Crippen molar-refractivity contribution in [1.82, 2.24) is 10.6 Å². The Morgan fingerprint density at radius 2 is 2.17 bits per heavy atom. The van der Waals surface area contributed by atoms with E-state index in [1.54, 1.807) is 24.3 Å². The van der Waals surface area contributed by atoms with Gasteiger partial charge in [-0.25, -0.2) is 4.79 Å². The number of hydrogen-bond donors (Lipinski definition) is 3. The van der Waals surface area contributed by atoms with Crippen LogP contribution in [0.2, 0.25) is 5.02 Å². The Morgan fingerprint density at radius 1 is 1.39 bits per heavy atom. The van der Waals surface area contributed by atoms with Gasteiger partial charge in [0.25, 0.3) is 0 Å². The summed E-state index contributed by atoms with van der Waals surface area (Å²) in [6.07, 6.45) is 3.43. The lowest BCUT2D eigenvalue weighted by Gasteiger charge is -2.11. The Morgan fingerprint density at radius 3 is 2.83 bits per heavy atom. The topological polar surface area (TPSA) is 53.2 Å². The highest BCUT2D eigenvalue weighted by Gasteiger charge is 2.13. The summed E-state index contributed by atoms with van der Waals surface area (Å²) in [4.78, 5) is 11.6. The van der Waals surface area contributed by atoms with E-state index >= 15 is 0 Å². The number of halogens is 1. The van der Waals surface area contributed by atoms with E-state index in [2.05, 4.69) is 16.0 Å². The zero-order valence-electron chi connectivity index (χ0n) is 10.2. The molecule has 0 radical (unpaired) electrons. The zero-order chi connectivity index (χ0) is 12.8. The summed E-state index contributed by atoms with van der Waals surface area (Å²) >= 11 is 5.77. The molecule has 1 unspecified atom stereocenters. The molecular weight excluding hydrogens is 250 g/mol. The second kappa shape index (κ2) is 6.61. The van der Waals surface area contributed by atoms with Crippen molar-refractivity contribution in [2.45, 2.75) is 25.3 Å². The van der Waals surface area contributed by atoms with Crippen molar-refractivity contribution in [3.05, 3.63) is 29.3 Å². The van der Waals surface area contributed by atoms with Gasteiger partial charge in [0.2, 0.25) is 0 Å². The minimum absolute atomic E-state index is 0.171. The summed E-state index contributed by atoms with van der Waals surface area (Å²) < 4.78 is 0. The first-order valence-electron chi connectivity index (χ1n) is 6.28. The van der Waals surface area contributed by atoms with E-state index in [-0.39, 0.29) is 6.03 Å². The highest BCUT2D eigenvalue weighted by molar-refractivity contribution is 6.30. The van der Waals surface area contributed by atoms with Crippen LogP contribution in [0, 0.1) is 0 Å². The summed E-state index contributed by atoms with van der Waals surface area (Å²) in [5.41, 5.74) is 0.746. The van der Waals surface area contributed by atoms with Crippen molar-refractivity contribution in [2.24, 2.45) is 0 Å². The summed E-state index contributed by atoms with van der Waals surface area (Å²) in [5.74, 6) is 0. The predicted octanol–water partition coefficient (Wildman–Crippen LogP) is 2.60. The predicted molar refractivity (Wildman–Crippen MR) is 74.1 cm³/mol. The van der Waals surface area contributed by atoms with Crippen LogP contribution in [0.25, 0.3) is 0 Å². The van der Waals surface area contributed by atoms with Crippen LogP contribution in [0.3, 0.4) is 0 Å². The number of urea groups is 1. The van der Waals surface area contributed by atoms with Crippen molar-refractivity contribution in [3.63, 3.8) is 0 Å². The molecule has 3 N–H and O–H groups in total. The standard InChI is InChI=1S/C13H18ClN3O/c14-10-3-5-12(6-4-10)17-13(18)16-9-7-11-2-1-8-15-11/h3-6,11,15H,1-2,7-9H2,(H2,16,17,18). The second-order valence-corrected chi connectivity index (χ2v) is 4.91. The number of carbonyl (C=O) groups excluding carboxylic acids is 1. The minimum atomic E-state index is -0.171. The molecule has 0 spiro atoms. The van der Waals surface area contributed by atoms with Gasteiger partial charge in [0, 0.05) is 23.3 Å². The molecule has 2 amide bonds. The molecule has 0 aliphatic carbocycles. The molecule has 1 aromatic rings. The molecule has 1 aromatic carbocycles. The highest BCUT2D eigenvalue weighted by atomic mass is 35.5. The number of nitrogens with one attached hydrogen (secondary N) is 3. The van der Waals surface area contributed by atoms with Gasteiger partial charge in [0.15, 0.2) is 0 Å². The Kier molecular flexibility index (Phi) is 4.84. The Balaban J connectivity index is 1.66. The van der Waals surface area contributed by atoms with Crippen LogP contribution in [0.4, 0.5) is 10.5 Å². The third-order valence-electron chi connectivity index (χ3n) is 3.04. The number of rotatable bonds is 4. The lowest BCUT2D eigenvalue weighted by molar-refractivity contribution is 0.251.